The first-order valence-electron chi connectivity index (χ1n) is 7.58. The van der Waals surface area contributed by atoms with Crippen molar-refractivity contribution in [2.75, 3.05) is 18.4 Å². The Morgan fingerprint density at radius 3 is 2.29 bits per heavy atom. The van der Waals surface area contributed by atoms with Crippen molar-refractivity contribution in [3.8, 4) is 0 Å². The van der Waals surface area contributed by atoms with Gasteiger partial charge >= 0.3 is 0 Å². The highest BCUT2D eigenvalue weighted by Crippen LogP contribution is 2.19. The van der Waals surface area contributed by atoms with Crippen LogP contribution >= 0.6 is 11.6 Å². The van der Waals surface area contributed by atoms with Crippen molar-refractivity contribution in [1.29, 1.82) is 0 Å². The van der Waals surface area contributed by atoms with Gasteiger partial charge in [-0.25, -0.2) is 0 Å². The zero-order valence-corrected chi connectivity index (χ0v) is 12.9. The number of piperidine rings is 1. The van der Waals surface area contributed by atoms with E-state index in [0.717, 1.165) is 24.7 Å². The second-order valence-corrected chi connectivity index (χ2v) is 6.12. The van der Waals surface area contributed by atoms with Crippen LogP contribution in [0.2, 0.25) is 5.02 Å². The van der Waals surface area contributed by atoms with Crippen LogP contribution in [0, 0.1) is 0 Å². The van der Waals surface area contributed by atoms with E-state index in [2.05, 4.69) is 52.7 Å². The van der Waals surface area contributed by atoms with Crippen molar-refractivity contribution in [3.05, 3.63) is 65.2 Å². The fraction of sp³-hybridized carbons (Fsp3) is 0.333. The number of hydrogen-bond donors (Lipinski definition) is 1. The summed E-state index contributed by atoms with van der Waals surface area (Å²) in [5.74, 6) is 0. The lowest BCUT2D eigenvalue weighted by Crippen LogP contribution is -2.38. The first-order chi connectivity index (χ1) is 10.3. The molecule has 3 rings (SSSR count). The Balaban J connectivity index is 1.47. The number of nitrogens with one attached hydrogen (secondary N) is 1. The predicted octanol–water partition coefficient (Wildman–Crippen LogP) is 4.42. The van der Waals surface area contributed by atoms with Gasteiger partial charge in [0, 0.05) is 36.4 Å². The first kappa shape index (κ1) is 14.4. The van der Waals surface area contributed by atoms with Crippen LogP contribution in [0.15, 0.2) is 54.6 Å². The van der Waals surface area contributed by atoms with E-state index in [0.29, 0.717) is 6.04 Å². The summed E-state index contributed by atoms with van der Waals surface area (Å²) in [5.41, 5.74) is 2.57. The lowest BCUT2D eigenvalue weighted by molar-refractivity contribution is 0.211. The molecule has 0 unspecified atom stereocenters. The van der Waals surface area contributed by atoms with Crippen LogP contribution in [0.3, 0.4) is 0 Å². The van der Waals surface area contributed by atoms with Gasteiger partial charge < -0.3 is 5.32 Å². The third-order valence-electron chi connectivity index (χ3n) is 4.05. The van der Waals surface area contributed by atoms with Crippen molar-refractivity contribution in [2.45, 2.75) is 25.4 Å². The third kappa shape index (κ3) is 4.23. The molecule has 2 aromatic rings. The van der Waals surface area contributed by atoms with Crippen LogP contribution in [-0.4, -0.2) is 24.0 Å². The Labute approximate surface area is 131 Å². The highest BCUT2D eigenvalue weighted by atomic mass is 35.5. The number of halogens is 1. The summed E-state index contributed by atoms with van der Waals surface area (Å²) in [6.07, 6.45) is 2.38. The summed E-state index contributed by atoms with van der Waals surface area (Å²) in [7, 11) is 0. The van der Waals surface area contributed by atoms with Gasteiger partial charge in [-0.3, -0.25) is 4.90 Å². The molecule has 0 amide bonds. The van der Waals surface area contributed by atoms with Crippen molar-refractivity contribution < 1.29 is 0 Å². The van der Waals surface area contributed by atoms with E-state index >= 15 is 0 Å². The van der Waals surface area contributed by atoms with Gasteiger partial charge in [0.15, 0.2) is 0 Å². The molecule has 0 atom stereocenters. The Hall–Kier alpha value is -1.51. The molecule has 21 heavy (non-hydrogen) atoms. The zero-order chi connectivity index (χ0) is 14.5. The maximum absolute atomic E-state index is 5.92. The fourth-order valence-corrected chi connectivity index (χ4v) is 2.98. The second kappa shape index (κ2) is 6.97. The lowest BCUT2D eigenvalue weighted by Gasteiger charge is -2.32. The molecule has 1 aliphatic heterocycles. The molecule has 0 spiro atoms. The van der Waals surface area contributed by atoms with Gasteiger partial charge in [-0.1, -0.05) is 41.9 Å². The Morgan fingerprint density at radius 1 is 0.952 bits per heavy atom. The number of likely N-dealkylation sites (tertiary alicyclic amines) is 1. The number of anilines is 1. The molecule has 0 saturated carbocycles. The summed E-state index contributed by atoms with van der Waals surface area (Å²) in [6.45, 7) is 3.37. The van der Waals surface area contributed by atoms with Crippen LogP contribution in [-0.2, 0) is 6.54 Å². The van der Waals surface area contributed by atoms with E-state index in [1.54, 1.807) is 0 Å². The molecular weight excluding hydrogens is 280 g/mol. The summed E-state index contributed by atoms with van der Waals surface area (Å²) < 4.78 is 0. The molecule has 2 aromatic carbocycles. The van der Waals surface area contributed by atoms with Crippen molar-refractivity contribution >= 4 is 17.3 Å². The molecular formula is C18H21ClN2. The maximum atomic E-state index is 5.92. The number of nitrogens with zero attached hydrogens (tertiary/aromatic N) is 1. The summed E-state index contributed by atoms with van der Waals surface area (Å²) in [5, 5.41) is 4.40. The minimum atomic E-state index is 0.568. The van der Waals surface area contributed by atoms with Gasteiger partial charge in [0.05, 0.1) is 0 Å². The number of rotatable bonds is 4. The van der Waals surface area contributed by atoms with E-state index in [-0.39, 0.29) is 0 Å². The van der Waals surface area contributed by atoms with Crippen LogP contribution in [0.1, 0.15) is 18.4 Å². The molecule has 110 valence electrons. The molecule has 1 aliphatic rings. The minimum absolute atomic E-state index is 0.568. The predicted molar refractivity (Wildman–Crippen MR) is 89.8 cm³/mol. The molecule has 3 heteroatoms. The Morgan fingerprint density at radius 2 is 1.62 bits per heavy atom. The number of hydrogen-bond acceptors (Lipinski definition) is 2. The summed E-state index contributed by atoms with van der Waals surface area (Å²) in [6, 6.07) is 19.3. The Kier molecular flexibility index (Phi) is 4.79. The molecule has 0 aromatic heterocycles. The van der Waals surface area contributed by atoms with Crippen LogP contribution in [0.25, 0.3) is 0 Å². The van der Waals surface area contributed by atoms with Gasteiger partial charge in [0.1, 0.15) is 0 Å². The highest BCUT2D eigenvalue weighted by molar-refractivity contribution is 6.30. The van der Waals surface area contributed by atoms with E-state index < -0.39 is 0 Å². The van der Waals surface area contributed by atoms with Crippen LogP contribution in [0.4, 0.5) is 5.69 Å². The molecule has 1 saturated heterocycles. The van der Waals surface area contributed by atoms with Crippen LogP contribution < -0.4 is 5.32 Å². The van der Waals surface area contributed by atoms with E-state index in [4.69, 9.17) is 11.6 Å². The average Bonchev–Trinajstić information content (AvgIpc) is 2.53. The fourth-order valence-electron chi connectivity index (χ4n) is 2.86. The van der Waals surface area contributed by atoms with Gasteiger partial charge in [-0.2, -0.15) is 0 Å². The maximum Gasteiger partial charge on any atom is 0.0407 e. The molecule has 0 bridgehead atoms. The molecule has 1 fully saturated rings. The van der Waals surface area contributed by atoms with Crippen molar-refractivity contribution in [3.63, 3.8) is 0 Å². The van der Waals surface area contributed by atoms with E-state index in [1.165, 1.54) is 24.1 Å². The van der Waals surface area contributed by atoms with Gasteiger partial charge in [-0.15, -0.1) is 0 Å². The molecule has 2 nitrogen and oxygen atoms in total. The topological polar surface area (TPSA) is 15.3 Å². The van der Waals surface area contributed by atoms with Crippen molar-refractivity contribution in [2.24, 2.45) is 0 Å². The Bertz CT molecular complexity index is 545. The third-order valence-corrected chi connectivity index (χ3v) is 4.30. The quantitative estimate of drug-likeness (QED) is 0.899. The zero-order valence-electron chi connectivity index (χ0n) is 12.1. The van der Waals surface area contributed by atoms with Gasteiger partial charge in [0.25, 0.3) is 0 Å². The SMILES string of the molecule is Clc1ccc(NC2CCN(Cc3ccccc3)CC2)cc1. The second-order valence-electron chi connectivity index (χ2n) is 5.69. The first-order valence-corrected chi connectivity index (χ1v) is 7.96. The smallest absolute Gasteiger partial charge is 0.0407 e. The van der Waals surface area contributed by atoms with E-state index in [9.17, 15) is 0 Å². The van der Waals surface area contributed by atoms with Gasteiger partial charge in [-0.05, 0) is 42.7 Å². The van der Waals surface area contributed by atoms with Crippen molar-refractivity contribution in [1.82, 2.24) is 4.90 Å². The standard InChI is InChI=1S/C18H21ClN2/c19-16-6-8-17(9-7-16)20-18-10-12-21(13-11-18)14-15-4-2-1-3-5-15/h1-9,18,20H,10-14H2. The largest absolute Gasteiger partial charge is 0.382 e. The molecule has 1 N–H and O–H groups in total. The van der Waals surface area contributed by atoms with Gasteiger partial charge in [0.2, 0.25) is 0 Å². The van der Waals surface area contributed by atoms with E-state index in [1.807, 2.05) is 12.1 Å². The monoisotopic (exact) mass is 300 g/mol. The molecule has 0 aliphatic carbocycles. The average molecular weight is 301 g/mol. The lowest BCUT2D eigenvalue weighted by atomic mass is 10.0. The number of benzene rings is 2. The summed E-state index contributed by atoms with van der Waals surface area (Å²) >= 11 is 5.92. The normalized spacial score (nSPS) is 16.8. The highest BCUT2D eigenvalue weighted by Gasteiger charge is 2.18. The molecule has 0 radical (unpaired) electrons. The molecule has 1 heterocycles. The minimum Gasteiger partial charge on any atom is -0.382 e. The van der Waals surface area contributed by atoms with Crippen LogP contribution in [0.5, 0.6) is 0 Å². The summed E-state index contributed by atoms with van der Waals surface area (Å²) in [4.78, 5) is 2.54.